The topological polar surface area (TPSA) is 51.8 Å². The lowest BCUT2D eigenvalue weighted by Crippen LogP contribution is -1.90. The van der Waals surface area contributed by atoms with E-state index in [1.165, 1.54) is 0 Å². The van der Waals surface area contributed by atoms with Crippen molar-refractivity contribution in [1.82, 2.24) is 9.97 Å². The second-order valence-corrected chi connectivity index (χ2v) is 3.76. The number of rotatable bonds is 1. The summed E-state index contributed by atoms with van der Waals surface area (Å²) in [5, 5.41) is 0. The van der Waals surface area contributed by atoms with Gasteiger partial charge >= 0.3 is 0 Å². The van der Waals surface area contributed by atoms with Crippen LogP contribution in [0.15, 0.2) is 41.1 Å². The maximum absolute atomic E-state index is 5.71. The average Bonchev–Trinajstić information content (AvgIpc) is 2.18. The minimum atomic E-state index is 0.681. The van der Waals surface area contributed by atoms with Crippen molar-refractivity contribution in [2.45, 2.75) is 0 Å². The molecule has 2 aromatic rings. The van der Waals surface area contributed by atoms with Crippen LogP contribution in [0.2, 0.25) is 0 Å². The number of halogens is 1. The van der Waals surface area contributed by atoms with Crippen LogP contribution in [0.4, 0.5) is 5.69 Å². The zero-order valence-corrected chi connectivity index (χ0v) is 8.90. The van der Waals surface area contributed by atoms with Gasteiger partial charge in [0, 0.05) is 28.1 Å². The van der Waals surface area contributed by atoms with Gasteiger partial charge in [-0.15, -0.1) is 0 Å². The second-order valence-electron chi connectivity index (χ2n) is 2.85. The van der Waals surface area contributed by atoms with Crippen molar-refractivity contribution in [2.75, 3.05) is 5.73 Å². The van der Waals surface area contributed by atoms with Crippen molar-refractivity contribution in [1.29, 1.82) is 0 Å². The van der Waals surface area contributed by atoms with Gasteiger partial charge in [-0.2, -0.15) is 0 Å². The Labute approximate surface area is 90.1 Å². The van der Waals surface area contributed by atoms with E-state index in [2.05, 4.69) is 25.9 Å². The van der Waals surface area contributed by atoms with Crippen LogP contribution in [0.3, 0.4) is 0 Å². The molecular formula is C10H8BrN3. The molecule has 0 amide bonds. The first-order valence-electron chi connectivity index (χ1n) is 4.09. The highest BCUT2D eigenvalue weighted by Gasteiger charge is 2.01. The van der Waals surface area contributed by atoms with Gasteiger partial charge in [0.25, 0.3) is 0 Å². The molecule has 0 spiro atoms. The van der Waals surface area contributed by atoms with E-state index in [9.17, 15) is 0 Å². The van der Waals surface area contributed by atoms with Crippen molar-refractivity contribution in [2.24, 2.45) is 0 Å². The Morgan fingerprint density at radius 1 is 1.07 bits per heavy atom. The van der Waals surface area contributed by atoms with Gasteiger partial charge in [-0.25, -0.2) is 9.97 Å². The molecule has 0 atom stereocenters. The van der Waals surface area contributed by atoms with Crippen LogP contribution in [0.1, 0.15) is 0 Å². The van der Waals surface area contributed by atoms with Crippen LogP contribution in [0, 0.1) is 0 Å². The lowest BCUT2D eigenvalue weighted by Gasteiger charge is -2.01. The number of anilines is 1. The largest absolute Gasteiger partial charge is 0.399 e. The van der Waals surface area contributed by atoms with Crippen molar-refractivity contribution in [3.63, 3.8) is 0 Å². The van der Waals surface area contributed by atoms with Gasteiger partial charge in [0.05, 0.1) is 0 Å². The summed E-state index contributed by atoms with van der Waals surface area (Å²) in [6.45, 7) is 0. The van der Waals surface area contributed by atoms with Crippen LogP contribution in [0.25, 0.3) is 11.4 Å². The van der Waals surface area contributed by atoms with Crippen LogP contribution in [0.5, 0.6) is 0 Å². The number of hydrogen-bond acceptors (Lipinski definition) is 3. The summed E-state index contributed by atoms with van der Waals surface area (Å²) in [6, 6.07) is 7.41. The zero-order valence-electron chi connectivity index (χ0n) is 7.31. The van der Waals surface area contributed by atoms with Crippen molar-refractivity contribution in [3.05, 3.63) is 41.1 Å². The summed E-state index contributed by atoms with van der Waals surface area (Å²) in [5.41, 5.74) is 7.32. The van der Waals surface area contributed by atoms with E-state index in [1.807, 2.05) is 18.2 Å². The highest BCUT2D eigenvalue weighted by Crippen LogP contribution is 2.23. The lowest BCUT2D eigenvalue weighted by atomic mass is 10.2. The molecule has 0 unspecified atom stereocenters. The Kier molecular flexibility index (Phi) is 2.45. The smallest absolute Gasteiger partial charge is 0.159 e. The van der Waals surface area contributed by atoms with Gasteiger partial charge in [-0.3, -0.25) is 0 Å². The third kappa shape index (κ3) is 1.90. The van der Waals surface area contributed by atoms with Crippen LogP contribution in [-0.2, 0) is 0 Å². The molecule has 70 valence electrons. The molecular weight excluding hydrogens is 242 g/mol. The predicted octanol–water partition coefficient (Wildman–Crippen LogP) is 2.49. The predicted molar refractivity (Wildman–Crippen MR) is 59.6 cm³/mol. The number of nitrogens with zero attached hydrogens (tertiary/aromatic N) is 2. The Bertz CT molecular complexity index is 422. The van der Waals surface area contributed by atoms with Gasteiger partial charge in [0.2, 0.25) is 0 Å². The first kappa shape index (κ1) is 9.15. The van der Waals surface area contributed by atoms with Gasteiger partial charge in [-0.1, -0.05) is 15.9 Å². The van der Waals surface area contributed by atoms with Gasteiger partial charge in [0.1, 0.15) is 0 Å². The third-order valence-electron chi connectivity index (χ3n) is 1.74. The molecule has 0 bridgehead atoms. The summed E-state index contributed by atoms with van der Waals surface area (Å²) in [6.07, 6.45) is 3.42. The molecule has 0 fully saturated rings. The highest BCUT2D eigenvalue weighted by molar-refractivity contribution is 9.10. The third-order valence-corrected chi connectivity index (χ3v) is 2.20. The standard InChI is InChI=1S/C10H8BrN3/c11-8-4-7(5-9(12)6-8)10-13-2-1-3-14-10/h1-6H,12H2. The van der Waals surface area contributed by atoms with Gasteiger partial charge < -0.3 is 5.73 Å². The quantitative estimate of drug-likeness (QED) is 0.791. The number of nitrogen functional groups attached to an aromatic ring is 1. The minimum Gasteiger partial charge on any atom is -0.399 e. The van der Waals surface area contributed by atoms with Crippen LogP contribution >= 0.6 is 15.9 Å². The van der Waals surface area contributed by atoms with Crippen molar-refractivity contribution < 1.29 is 0 Å². The van der Waals surface area contributed by atoms with Gasteiger partial charge in [-0.05, 0) is 24.3 Å². The molecule has 14 heavy (non-hydrogen) atoms. The fourth-order valence-corrected chi connectivity index (χ4v) is 1.70. The van der Waals surface area contributed by atoms with E-state index in [0.29, 0.717) is 11.5 Å². The lowest BCUT2D eigenvalue weighted by molar-refractivity contribution is 1.18. The molecule has 0 aliphatic carbocycles. The van der Waals surface area contributed by atoms with Gasteiger partial charge in [0.15, 0.2) is 5.82 Å². The van der Waals surface area contributed by atoms with E-state index in [1.54, 1.807) is 18.5 Å². The number of aromatic nitrogens is 2. The highest BCUT2D eigenvalue weighted by atomic mass is 79.9. The summed E-state index contributed by atoms with van der Waals surface area (Å²) < 4.78 is 0.931. The van der Waals surface area contributed by atoms with E-state index < -0.39 is 0 Å². The molecule has 2 rings (SSSR count). The van der Waals surface area contributed by atoms with E-state index >= 15 is 0 Å². The maximum Gasteiger partial charge on any atom is 0.159 e. The van der Waals surface area contributed by atoms with Crippen molar-refractivity contribution in [3.8, 4) is 11.4 Å². The number of hydrogen-bond donors (Lipinski definition) is 1. The minimum absolute atomic E-state index is 0.681. The Balaban J connectivity index is 2.52. The maximum atomic E-state index is 5.71. The normalized spacial score (nSPS) is 10.1. The second kappa shape index (κ2) is 3.75. The Morgan fingerprint density at radius 2 is 1.79 bits per heavy atom. The average molecular weight is 250 g/mol. The Morgan fingerprint density at radius 3 is 2.43 bits per heavy atom. The fourth-order valence-electron chi connectivity index (χ4n) is 1.19. The zero-order chi connectivity index (χ0) is 9.97. The summed E-state index contributed by atoms with van der Waals surface area (Å²) >= 11 is 3.37. The first-order valence-corrected chi connectivity index (χ1v) is 4.88. The molecule has 4 heteroatoms. The van der Waals surface area contributed by atoms with E-state index in [0.717, 1.165) is 10.0 Å². The molecule has 0 radical (unpaired) electrons. The molecule has 3 nitrogen and oxygen atoms in total. The van der Waals surface area contributed by atoms with E-state index in [4.69, 9.17) is 5.73 Å². The molecule has 0 aliphatic rings. The monoisotopic (exact) mass is 249 g/mol. The Hall–Kier alpha value is -1.42. The van der Waals surface area contributed by atoms with Crippen molar-refractivity contribution >= 4 is 21.6 Å². The van der Waals surface area contributed by atoms with Crippen LogP contribution < -0.4 is 5.73 Å². The number of nitrogens with two attached hydrogens (primary N) is 1. The molecule has 0 saturated carbocycles. The molecule has 0 saturated heterocycles. The molecule has 2 N–H and O–H groups in total. The summed E-state index contributed by atoms with van der Waals surface area (Å²) in [4.78, 5) is 8.29. The molecule has 1 aromatic carbocycles. The van der Waals surface area contributed by atoms with E-state index in [-0.39, 0.29) is 0 Å². The molecule has 0 aliphatic heterocycles. The number of benzene rings is 1. The fraction of sp³-hybridized carbons (Fsp3) is 0. The summed E-state index contributed by atoms with van der Waals surface area (Å²) in [5.74, 6) is 0.681. The summed E-state index contributed by atoms with van der Waals surface area (Å²) in [7, 11) is 0. The first-order chi connectivity index (χ1) is 6.75. The molecule has 1 heterocycles. The van der Waals surface area contributed by atoms with Crippen LogP contribution in [-0.4, -0.2) is 9.97 Å². The SMILES string of the molecule is Nc1cc(Br)cc(-c2ncccn2)c1. The molecule has 1 aromatic heterocycles.